The maximum absolute atomic E-state index is 11.8. The minimum Gasteiger partial charge on any atom is -0.317 e. The van der Waals surface area contributed by atoms with E-state index in [1.807, 2.05) is 7.05 Å². The van der Waals surface area contributed by atoms with Crippen molar-refractivity contribution >= 4 is 0 Å². The third kappa shape index (κ3) is 1.39. The van der Waals surface area contributed by atoms with E-state index >= 15 is 0 Å². The molecule has 1 aliphatic rings. The first-order chi connectivity index (χ1) is 4.24. The highest BCUT2D eigenvalue weighted by Crippen LogP contribution is 2.32. The van der Waals surface area contributed by atoms with Crippen molar-refractivity contribution < 1.29 is 8.78 Å². The van der Waals surface area contributed by atoms with E-state index in [1.165, 1.54) is 0 Å². The van der Waals surface area contributed by atoms with Crippen molar-refractivity contribution in [2.45, 2.75) is 25.3 Å². The normalized spacial score (nSPS) is 34.7. The fraction of sp³-hybridized carbons (Fsp3) is 1.00. The lowest BCUT2D eigenvalue weighted by Crippen LogP contribution is -2.41. The van der Waals surface area contributed by atoms with Crippen LogP contribution in [-0.2, 0) is 0 Å². The molecule has 0 amide bonds. The molecule has 0 heterocycles. The average Bonchev–Trinajstić information content (AvgIpc) is 1.61. The molecule has 1 aliphatic carbocycles. The summed E-state index contributed by atoms with van der Waals surface area (Å²) in [7, 11) is 1.81. The van der Waals surface area contributed by atoms with Gasteiger partial charge in [-0.25, -0.2) is 8.78 Å². The minimum atomic E-state index is -2.10. The predicted octanol–water partition coefficient (Wildman–Crippen LogP) is 1.25. The van der Waals surface area contributed by atoms with E-state index < -0.39 is 6.43 Å². The molecule has 0 aliphatic heterocycles. The highest BCUT2D eigenvalue weighted by Gasteiger charge is 2.34. The van der Waals surface area contributed by atoms with E-state index in [2.05, 4.69) is 5.32 Å². The zero-order chi connectivity index (χ0) is 6.85. The van der Waals surface area contributed by atoms with Gasteiger partial charge in [-0.2, -0.15) is 0 Å². The quantitative estimate of drug-likeness (QED) is 0.600. The van der Waals surface area contributed by atoms with E-state index in [1.54, 1.807) is 0 Å². The Kier molecular flexibility index (Phi) is 2.01. The van der Waals surface area contributed by atoms with Crippen molar-refractivity contribution in [3.05, 3.63) is 0 Å². The minimum absolute atomic E-state index is 0.331. The van der Waals surface area contributed by atoms with Crippen molar-refractivity contribution in [3.8, 4) is 0 Å². The van der Waals surface area contributed by atoms with Gasteiger partial charge in [0.2, 0.25) is 6.43 Å². The molecule has 0 saturated heterocycles. The van der Waals surface area contributed by atoms with Crippen LogP contribution in [0.25, 0.3) is 0 Å². The van der Waals surface area contributed by atoms with Crippen molar-refractivity contribution in [3.63, 3.8) is 0 Å². The standard InChI is InChI=1S/C6H11F2N/c1-9-5-2-4(3-5)6(7)8/h4-6,9H,2-3H2,1H3. The van der Waals surface area contributed by atoms with Crippen LogP contribution in [-0.4, -0.2) is 19.5 Å². The first kappa shape index (κ1) is 6.93. The van der Waals surface area contributed by atoms with Crippen LogP contribution in [0.1, 0.15) is 12.8 Å². The summed E-state index contributed by atoms with van der Waals surface area (Å²) in [6.45, 7) is 0. The van der Waals surface area contributed by atoms with Crippen LogP contribution in [0, 0.1) is 5.92 Å². The highest BCUT2D eigenvalue weighted by molar-refractivity contribution is 4.84. The lowest BCUT2D eigenvalue weighted by molar-refractivity contribution is 0.0177. The summed E-state index contributed by atoms with van der Waals surface area (Å²) >= 11 is 0. The lowest BCUT2D eigenvalue weighted by atomic mass is 9.81. The number of rotatable bonds is 2. The monoisotopic (exact) mass is 135 g/mol. The number of hydrogen-bond donors (Lipinski definition) is 1. The first-order valence-corrected chi connectivity index (χ1v) is 3.19. The Labute approximate surface area is 53.4 Å². The third-order valence-corrected chi connectivity index (χ3v) is 1.94. The zero-order valence-corrected chi connectivity index (χ0v) is 5.40. The molecule has 1 rings (SSSR count). The molecule has 3 heteroatoms. The van der Waals surface area contributed by atoms with Crippen LogP contribution in [0.5, 0.6) is 0 Å². The fourth-order valence-electron chi connectivity index (χ4n) is 1.10. The van der Waals surface area contributed by atoms with Crippen molar-refractivity contribution in [2.24, 2.45) is 5.92 Å². The van der Waals surface area contributed by atoms with Gasteiger partial charge in [0.05, 0.1) is 0 Å². The van der Waals surface area contributed by atoms with Crippen molar-refractivity contribution in [1.29, 1.82) is 0 Å². The summed E-state index contributed by atoms with van der Waals surface area (Å²) in [5.74, 6) is -0.331. The molecule has 0 aromatic carbocycles. The van der Waals surface area contributed by atoms with E-state index in [4.69, 9.17) is 0 Å². The van der Waals surface area contributed by atoms with Crippen molar-refractivity contribution in [2.75, 3.05) is 7.05 Å². The number of hydrogen-bond acceptors (Lipinski definition) is 1. The molecule has 9 heavy (non-hydrogen) atoms. The van der Waals surface area contributed by atoms with Gasteiger partial charge in [-0.3, -0.25) is 0 Å². The van der Waals surface area contributed by atoms with Crippen LogP contribution < -0.4 is 5.32 Å². The molecule has 0 aromatic rings. The molecule has 1 nitrogen and oxygen atoms in total. The Morgan fingerprint density at radius 2 is 2.00 bits per heavy atom. The summed E-state index contributed by atoms with van der Waals surface area (Å²) in [6.07, 6.45) is -0.808. The second-order valence-corrected chi connectivity index (χ2v) is 2.55. The Bertz CT molecular complexity index is 89.1. The van der Waals surface area contributed by atoms with Crippen LogP contribution in [0.3, 0.4) is 0 Å². The van der Waals surface area contributed by atoms with Crippen LogP contribution >= 0.6 is 0 Å². The Morgan fingerprint density at radius 3 is 2.33 bits per heavy atom. The van der Waals surface area contributed by atoms with Crippen LogP contribution in [0.4, 0.5) is 8.78 Å². The maximum atomic E-state index is 11.8. The SMILES string of the molecule is CNC1CC(C(F)F)C1. The lowest BCUT2D eigenvalue weighted by Gasteiger charge is -2.34. The average molecular weight is 135 g/mol. The van der Waals surface area contributed by atoms with E-state index in [0.29, 0.717) is 18.9 Å². The molecule has 1 saturated carbocycles. The third-order valence-electron chi connectivity index (χ3n) is 1.94. The molecule has 0 bridgehead atoms. The molecule has 0 atom stereocenters. The highest BCUT2D eigenvalue weighted by atomic mass is 19.3. The van der Waals surface area contributed by atoms with Gasteiger partial charge >= 0.3 is 0 Å². The molecule has 0 aromatic heterocycles. The molecule has 0 spiro atoms. The van der Waals surface area contributed by atoms with E-state index in [9.17, 15) is 8.78 Å². The Balaban J connectivity index is 2.12. The molecular formula is C6H11F2N. The van der Waals surface area contributed by atoms with E-state index in [0.717, 1.165) is 0 Å². The van der Waals surface area contributed by atoms with Gasteiger partial charge < -0.3 is 5.32 Å². The van der Waals surface area contributed by atoms with Gasteiger partial charge in [-0.15, -0.1) is 0 Å². The van der Waals surface area contributed by atoms with Gasteiger partial charge in [-0.1, -0.05) is 0 Å². The summed E-state index contributed by atoms with van der Waals surface area (Å²) < 4.78 is 23.5. The zero-order valence-electron chi connectivity index (χ0n) is 5.40. The van der Waals surface area contributed by atoms with Gasteiger partial charge in [-0.05, 0) is 19.9 Å². The molecule has 54 valence electrons. The first-order valence-electron chi connectivity index (χ1n) is 3.19. The maximum Gasteiger partial charge on any atom is 0.241 e. The fourth-order valence-corrected chi connectivity index (χ4v) is 1.10. The van der Waals surface area contributed by atoms with Gasteiger partial charge in [0, 0.05) is 12.0 Å². The molecule has 0 unspecified atom stereocenters. The van der Waals surface area contributed by atoms with E-state index in [-0.39, 0.29) is 5.92 Å². The molecule has 1 N–H and O–H groups in total. The number of nitrogens with one attached hydrogen (secondary N) is 1. The Hall–Kier alpha value is -0.180. The topological polar surface area (TPSA) is 12.0 Å². The molecule has 1 fully saturated rings. The smallest absolute Gasteiger partial charge is 0.241 e. The Morgan fingerprint density at radius 1 is 1.44 bits per heavy atom. The largest absolute Gasteiger partial charge is 0.317 e. The number of halogens is 2. The van der Waals surface area contributed by atoms with Crippen LogP contribution in [0.15, 0.2) is 0 Å². The van der Waals surface area contributed by atoms with Crippen LogP contribution in [0.2, 0.25) is 0 Å². The molecule has 0 radical (unpaired) electrons. The second-order valence-electron chi connectivity index (χ2n) is 2.55. The predicted molar refractivity (Wildman–Crippen MR) is 31.6 cm³/mol. The van der Waals surface area contributed by atoms with Gasteiger partial charge in [0.25, 0.3) is 0 Å². The summed E-state index contributed by atoms with van der Waals surface area (Å²) in [5.41, 5.74) is 0. The van der Waals surface area contributed by atoms with Gasteiger partial charge in [0.15, 0.2) is 0 Å². The summed E-state index contributed by atoms with van der Waals surface area (Å²) in [4.78, 5) is 0. The van der Waals surface area contributed by atoms with Crippen molar-refractivity contribution in [1.82, 2.24) is 5.32 Å². The second kappa shape index (κ2) is 2.60. The van der Waals surface area contributed by atoms with Gasteiger partial charge in [0.1, 0.15) is 0 Å². The molecular weight excluding hydrogens is 124 g/mol. The summed E-state index contributed by atoms with van der Waals surface area (Å²) in [6, 6.07) is 0.351. The summed E-state index contributed by atoms with van der Waals surface area (Å²) in [5, 5.41) is 2.95. The number of alkyl halides is 2.